The predicted molar refractivity (Wildman–Crippen MR) is 124 cm³/mol. The minimum absolute atomic E-state index is 0.0138. The first-order valence-electron chi connectivity index (χ1n) is 10.0. The summed E-state index contributed by atoms with van der Waals surface area (Å²) < 4.78 is 48.9. The van der Waals surface area contributed by atoms with Gasteiger partial charge in [0.25, 0.3) is 0 Å². The van der Waals surface area contributed by atoms with Gasteiger partial charge in [0, 0.05) is 29.6 Å². The van der Waals surface area contributed by atoms with Crippen LogP contribution in [0.4, 0.5) is 33.2 Å². The van der Waals surface area contributed by atoms with Crippen LogP contribution in [0.15, 0.2) is 47.5 Å². The number of nitrogens with one attached hydrogen (secondary N) is 3. The molecule has 0 atom stereocenters. The van der Waals surface area contributed by atoms with E-state index in [1.165, 1.54) is 46.3 Å². The topological polar surface area (TPSA) is 132 Å². The zero-order valence-electron chi connectivity index (χ0n) is 18.8. The molecular weight excluding hydrogens is 465 g/mol. The van der Waals surface area contributed by atoms with Gasteiger partial charge in [0.1, 0.15) is 16.2 Å². The molecule has 1 amide bonds. The summed E-state index contributed by atoms with van der Waals surface area (Å²) in [4.78, 5) is 20.4. The molecule has 178 valence electrons. The highest BCUT2D eigenvalue weighted by molar-refractivity contribution is 7.94. The fraction of sp³-hybridized carbons (Fsp3) is 0.227. The van der Waals surface area contributed by atoms with E-state index in [-0.39, 0.29) is 22.3 Å². The van der Waals surface area contributed by atoms with Gasteiger partial charge in [-0.15, -0.1) is 0 Å². The maximum Gasteiger partial charge on any atom is 0.245 e. The summed E-state index contributed by atoms with van der Waals surface area (Å²) >= 11 is 0. The van der Waals surface area contributed by atoms with Crippen LogP contribution in [0.1, 0.15) is 13.8 Å². The molecule has 2 heterocycles. The van der Waals surface area contributed by atoms with E-state index >= 15 is 0 Å². The average Bonchev–Trinajstić information content (AvgIpc) is 2.80. The molecule has 34 heavy (non-hydrogen) atoms. The highest BCUT2D eigenvalue weighted by atomic mass is 32.2. The van der Waals surface area contributed by atoms with E-state index in [2.05, 4.69) is 25.9 Å². The van der Waals surface area contributed by atoms with Crippen LogP contribution in [-0.4, -0.2) is 43.3 Å². The van der Waals surface area contributed by atoms with Crippen LogP contribution in [0.25, 0.3) is 0 Å². The maximum absolute atomic E-state index is 14.4. The van der Waals surface area contributed by atoms with E-state index in [4.69, 9.17) is 9.47 Å². The Labute approximate surface area is 195 Å². The van der Waals surface area contributed by atoms with E-state index in [1.54, 1.807) is 18.2 Å². The minimum atomic E-state index is -3.89. The van der Waals surface area contributed by atoms with Crippen molar-refractivity contribution in [1.29, 1.82) is 0 Å². The summed E-state index contributed by atoms with van der Waals surface area (Å²) in [5.74, 6) is -0.365. The first-order chi connectivity index (χ1) is 16.0. The summed E-state index contributed by atoms with van der Waals surface area (Å²) in [5.41, 5.74) is 0.976. The molecule has 0 radical (unpaired) electrons. The number of methoxy groups -OCH3 is 2. The number of amides is 1. The molecule has 0 saturated carbocycles. The molecule has 1 aliphatic heterocycles. The minimum Gasteiger partial charge on any atom is -0.497 e. The van der Waals surface area contributed by atoms with Crippen LogP contribution in [0.5, 0.6) is 11.5 Å². The molecule has 4 rings (SSSR count). The number of hydrogen-bond donors (Lipinski definition) is 3. The number of carbonyl (C=O) groups excluding carboxylic acids is 1. The number of nitrogens with zero attached hydrogens (tertiary/aromatic N) is 2. The van der Waals surface area contributed by atoms with E-state index in [9.17, 15) is 17.6 Å². The van der Waals surface area contributed by atoms with E-state index in [0.717, 1.165) is 6.20 Å². The molecule has 0 aliphatic carbocycles. The number of ether oxygens (including phenoxy) is 2. The molecule has 3 aromatic rings. The van der Waals surface area contributed by atoms with Crippen molar-refractivity contribution in [2.45, 2.75) is 23.5 Å². The van der Waals surface area contributed by atoms with Crippen molar-refractivity contribution in [2.24, 2.45) is 0 Å². The fourth-order valence-corrected chi connectivity index (χ4v) is 4.76. The Morgan fingerprint density at radius 2 is 1.68 bits per heavy atom. The number of rotatable bonds is 6. The molecule has 10 nitrogen and oxygen atoms in total. The number of halogens is 1. The number of hydrogen-bond acceptors (Lipinski definition) is 9. The number of anilines is 5. The summed E-state index contributed by atoms with van der Waals surface area (Å²) in [5, 5.41) is 8.34. The third-order valence-electron chi connectivity index (χ3n) is 5.35. The molecule has 0 bridgehead atoms. The molecule has 2 aromatic carbocycles. The smallest absolute Gasteiger partial charge is 0.245 e. The maximum atomic E-state index is 14.4. The standard InChI is InChI=1S/C22H22FN5O5S/c1-22(2)20(29)27-17-9-12(5-6-18(17)34(22,30)31)25-19-16(23)11-24-21(28-19)26-13-7-14(32-3)10-15(8-13)33-4/h5-11H,1-4H3,(H,27,29)(H2,24,25,26,28). The quantitative estimate of drug-likeness (QED) is 0.477. The van der Waals surface area contributed by atoms with E-state index in [1.807, 2.05) is 0 Å². The van der Waals surface area contributed by atoms with E-state index < -0.39 is 26.3 Å². The largest absolute Gasteiger partial charge is 0.497 e. The summed E-state index contributed by atoms with van der Waals surface area (Å²) in [6.07, 6.45) is 0.988. The third kappa shape index (κ3) is 4.07. The lowest BCUT2D eigenvalue weighted by Crippen LogP contribution is -2.48. The summed E-state index contributed by atoms with van der Waals surface area (Å²) in [6, 6.07) is 9.30. The first kappa shape index (κ1) is 23.2. The number of aromatic nitrogens is 2. The fourth-order valence-electron chi connectivity index (χ4n) is 3.27. The van der Waals surface area contributed by atoms with Gasteiger partial charge in [0.15, 0.2) is 21.5 Å². The lowest BCUT2D eigenvalue weighted by atomic mass is 10.1. The molecule has 0 spiro atoms. The van der Waals surface area contributed by atoms with Crippen LogP contribution in [-0.2, 0) is 14.6 Å². The SMILES string of the molecule is COc1cc(Nc2ncc(F)c(Nc3ccc4c(c3)NC(=O)C(C)(C)S4(=O)=O)n2)cc(OC)c1. The molecule has 0 saturated heterocycles. The van der Waals surface area contributed by atoms with Crippen LogP contribution in [0.3, 0.4) is 0 Å². The third-order valence-corrected chi connectivity index (χ3v) is 7.81. The Bertz CT molecular complexity index is 1370. The van der Waals surface area contributed by atoms with Crippen LogP contribution >= 0.6 is 0 Å². The second kappa shape index (κ2) is 8.45. The number of benzene rings is 2. The van der Waals surface area contributed by atoms with Gasteiger partial charge in [0.2, 0.25) is 11.9 Å². The Morgan fingerprint density at radius 3 is 2.32 bits per heavy atom. The van der Waals surface area contributed by atoms with Crippen molar-refractivity contribution >= 4 is 44.6 Å². The molecule has 0 unspecified atom stereocenters. The van der Waals surface area contributed by atoms with Gasteiger partial charge in [-0.05, 0) is 32.0 Å². The second-order valence-electron chi connectivity index (χ2n) is 7.92. The van der Waals surface area contributed by atoms with Crippen molar-refractivity contribution in [3.63, 3.8) is 0 Å². The Balaban J connectivity index is 1.62. The summed E-state index contributed by atoms with van der Waals surface area (Å²) in [6.45, 7) is 2.69. The van der Waals surface area contributed by atoms with Crippen molar-refractivity contribution in [2.75, 3.05) is 30.2 Å². The molecule has 3 N–H and O–H groups in total. The molecular formula is C22H22FN5O5S. The first-order valence-corrected chi connectivity index (χ1v) is 11.5. The van der Waals surface area contributed by atoms with Crippen molar-refractivity contribution < 1.29 is 27.1 Å². The van der Waals surface area contributed by atoms with Gasteiger partial charge >= 0.3 is 0 Å². The van der Waals surface area contributed by atoms with Gasteiger partial charge in [-0.2, -0.15) is 4.98 Å². The summed E-state index contributed by atoms with van der Waals surface area (Å²) in [7, 11) is -0.858. The Hall–Kier alpha value is -3.93. The lowest BCUT2D eigenvalue weighted by molar-refractivity contribution is -0.118. The van der Waals surface area contributed by atoms with Crippen molar-refractivity contribution in [1.82, 2.24) is 9.97 Å². The average molecular weight is 488 g/mol. The van der Waals surface area contributed by atoms with Crippen molar-refractivity contribution in [3.05, 3.63) is 48.4 Å². The number of carbonyl (C=O) groups is 1. The predicted octanol–water partition coefficient (Wildman–Crippen LogP) is 3.62. The molecule has 0 fully saturated rings. The number of fused-ring (bicyclic) bond motifs is 1. The van der Waals surface area contributed by atoms with Gasteiger partial charge in [-0.25, -0.2) is 17.8 Å². The Morgan fingerprint density at radius 1 is 1.00 bits per heavy atom. The monoisotopic (exact) mass is 487 g/mol. The lowest BCUT2D eigenvalue weighted by Gasteiger charge is -2.30. The highest BCUT2D eigenvalue weighted by Crippen LogP contribution is 2.38. The zero-order valence-corrected chi connectivity index (χ0v) is 19.6. The van der Waals surface area contributed by atoms with Gasteiger partial charge < -0.3 is 25.4 Å². The van der Waals surface area contributed by atoms with Gasteiger partial charge in [-0.3, -0.25) is 4.79 Å². The molecule has 1 aliphatic rings. The zero-order chi connectivity index (χ0) is 24.7. The van der Waals surface area contributed by atoms with Crippen molar-refractivity contribution in [3.8, 4) is 11.5 Å². The van der Waals surface area contributed by atoms with Crippen LogP contribution in [0, 0.1) is 5.82 Å². The Kier molecular flexibility index (Phi) is 5.77. The van der Waals surface area contributed by atoms with Gasteiger partial charge in [-0.1, -0.05) is 0 Å². The highest BCUT2D eigenvalue weighted by Gasteiger charge is 2.47. The van der Waals surface area contributed by atoms with Gasteiger partial charge in [0.05, 0.1) is 31.0 Å². The van der Waals surface area contributed by atoms with Crippen LogP contribution < -0.4 is 25.4 Å². The number of sulfone groups is 1. The molecule has 1 aromatic heterocycles. The normalized spacial score (nSPS) is 15.6. The molecule has 12 heteroatoms. The van der Waals surface area contributed by atoms with E-state index in [0.29, 0.717) is 22.9 Å². The second-order valence-corrected chi connectivity index (χ2v) is 10.4. The van der Waals surface area contributed by atoms with Crippen LogP contribution in [0.2, 0.25) is 0 Å².